The average molecular weight is 305 g/mol. The van der Waals surface area contributed by atoms with Gasteiger partial charge in [-0.05, 0) is 45.0 Å². The number of nitrogens with one attached hydrogen (secondary N) is 1. The minimum absolute atomic E-state index is 0.303. The van der Waals surface area contributed by atoms with Gasteiger partial charge < -0.3 is 9.82 Å². The summed E-state index contributed by atoms with van der Waals surface area (Å²) >= 11 is 0. The summed E-state index contributed by atoms with van der Waals surface area (Å²) in [4.78, 5) is 13.9. The van der Waals surface area contributed by atoms with Crippen LogP contribution >= 0.6 is 0 Å². The van der Waals surface area contributed by atoms with Gasteiger partial charge in [-0.3, -0.25) is 4.98 Å². The minimum Gasteiger partial charge on any atom is -0.408 e. The van der Waals surface area contributed by atoms with E-state index in [4.69, 9.17) is 4.84 Å². The van der Waals surface area contributed by atoms with Crippen molar-refractivity contribution >= 4 is 21.8 Å². The smallest absolute Gasteiger partial charge is 0.127 e. The van der Waals surface area contributed by atoms with E-state index < -0.39 is 0 Å². The molecule has 0 amide bonds. The lowest BCUT2D eigenvalue weighted by molar-refractivity contribution is -0.00583. The van der Waals surface area contributed by atoms with Crippen LogP contribution in [0.1, 0.15) is 20.8 Å². The molecule has 0 fully saturated rings. The SMILES string of the molecule is CC(C)(C)On1c(-c2cc3ccccc3[nH]2)cc2ccncc21. The summed E-state index contributed by atoms with van der Waals surface area (Å²) in [6.45, 7) is 6.14. The fourth-order valence-corrected chi connectivity index (χ4v) is 2.80. The normalized spacial score (nSPS) is 12.1. The molecule has 3 heterocycles. The van der Waals surface area contributed by atoms with E-state index in [0.29, 0.717) is 0 Å². The van der Waals surface area contributed by atoms with Gasteiger partial charge in [0.1, 0.15) is 16.8 Å². The molecule has 3 aromatic heterocycles. The first-order chi connectivity index (χ1) is 11.0. The molecule has 0 saturated heterocycles. The Labute approximate surface area is 134 Å². The number of para-hydroxylation sites is 1. The van der Waals surface area contributed by atoms with Crippen molar-refractivity contribution in [3.63, 3.8) is 0 Å². The second kappa shape index (κ2) is 4.88. The maximum atomic E-state index is 6.19. The van der Waals surface area contributed by atoms with Crippen molar-refractivity contribution < 1.29 is 4.84 Å². The summed E-state index contributed by atoms with van der Waals surface area (Å²) in [6.07, 6.45) is 3.64. The predicted molar refractivity (Wildman–Crippen MR) is 93.4 cm³/mol. The zero-order valence-electron chi connectivity index (χ0n) is 13.5. The number of hydrogen-bond acceptors (Lipinski definition) is 2. The molecule has 4 rings (SSSR count). The first-order valence-electron chi connectivity index (χ1n) is 7.74. The monoisotopic (exact) mass is 305 g/mol. The fraction of sp³-hybridized carbons (Fsp3) is 0.211. The second-order valence-corrected chi connectivity index (χ2v) is 6.73. The van der Waals surface area contributed by atoms with Crippen LogP contribution < -0.4 is 4.84 Å². The molecule has 0 spiro atoms. The van der Waals surface area contributed by atoms with Gasteiger partial charge in [-0.1, -0.05) is 18.2 Å². The number of H-pyrrole nitrogens is 1. The molecule has 0 atom stereocenters. The molecule has 0 unspecified atom stereocenters. The second-order valence-electron chi connectivity index (χ2n) is 6.73. The quantitative estimate of drug-likeness (QED) is 0.596. The maximum absolute atomic E-state index is 6.19. The summed E-state index contributed by atoms with van der Waals surface area (Å²) in [5, 5.41) is 2.30. The van der Waals surface area contributed by atoms with E-state index in [9.17, 15) is 0 Å². The van der Waals surface area contributed by atoms with Crippen LogP contribution in [-0.2, 0) is 0 Å². The molecule has 4 nitrogen and oxygen atoms in total. The number of rotatable bonds is 2. The van der Waals surface area contributed by atoms with Crippen molar-refractivity contribution in [1.82, 2.24) is 14.7 Å². The summed E-state index contributed by atoms with van der Waals surface area (Å²) in [5.74, 6) is 0. The third-order valence-corrected chi connectivity index (χ3v) is 3.73. The Morgan fingerprint density at radius 1 is 1.04 bits per heavy atom. The Kier molecular flexibility index (Phi) is 2.94. The van der Waals surface area contributed by atoms with Crippen molar-refractivity contribution in [3.8, 4) is 11.4 Å². The number of nitrogens with zero attached hydrogens (tertiary/aromatic N) is 2. The maximum Gasteiger partial charge on any atom is 0.127 e. The van der Waals surface area contributed by atoms with Gasteiger partial charge in [0.15, 0.2) is 0 Å². The first kappa shape index (κ1) is 13.9. The fourth-order valence-electron chi connectivity index (χ4n) is 2.80. The number of benzene rings is 1. The molecule has 0 aliphatic heterocycles. The highest BCUT2D eigenvalue weighted by molar-refractivity contribution is 5.90. The van der Waals surface area contributed by atoms with Gasteiger partial charge in [0, 0.05) is 22.5 Å². The van der Waals surface area contributed by atoms with Crippen LogP contribution in [0.2, 0.25) is 0 Å². The molecule has 0 aliphatic carbocycles. The van der Waals surface area contributed by atoms with Crippen molar-refractivity contribution in [2.45, 2.75) is 26.4 Å². The topological polar surface area (TPSA) is 42.8 Å². The molecule has 23 heavy (non-hydrogen) atoms. The Morgan fingerprint density at radius 2 is 1.87 bits per heavy atom. The van der Waals surface area contributed by atoms with E-state index in [2.05, 4.69) is 34.2 Å². The lowest BCUT2D eigenvalue weighted by atomic mass is 10.2. The molecule has 0 aliphatic rings. The average Bonchev–Trinajstić information content (AvgIpc) is 3.07. The Bertz CT molecular complexity index is 956. The van der Waals surface area contributed by atoms with Gasteiger partial charge in [0.2, 0.25) is 0 Å². The molecule has 0 bridgehead atoms. The predicted octanol–water partition coefficient (Wildman–Crippen LogP) is 4.41. The Morgan fingerprint density at radius 3 is 2.65 bits per heavy atom. The number of aromatic nitrogens is 3. The van der Waals surface area contributed by atoms with Crippen LogP contribution in [-0.4, -0.2) is 20.3 Å². The minimum atomic E-state index is -0.303. The molecule has 4 heteroatoms. The first-order valence-corrected chi connectivity index (χ1v) is 7.74. The summed E-state index contributed by atoms with van der Waals surface area (Å²) in [5.41, 5.74) is 3.82. The highest BCUT2D eigenvalue weighted by Crippen LogP contribution is 2.29. The van der Waals surface area contributed by atoms with Crippen LogP contribution in [0.15, 0.2) is 54.9 Å². The van der Waals surface area contributed by atoms with Crippen molar-refractivity contribution in [1.29, 1.82) is 0 Å². The van der Waals surface area contributed by atoms with Gasteiger partial charge in [-0.2, -0.15) is 4.73 Å². The Balaban J connectivity index is 1.96. The van der Waals surface area contributed by atoms with Gasteiger partial charge in [-0.15, -0.1) is 0 Å². The third-order valence-electron chi connectivity index (χ3n) is 3.73. The third kappa shape index (κ3) is 2.46. The molecular formula is C19H19N3O. The Hall–Kier alpha value is -2.75. The molecular weight excluding hydrogens is 286 g/mol. The van der Waals surface area contributed by atoms with Crippen LogP contribution in [0, 0.1) is 0 Å². The number of aromatic amines is 1. The zero-order valence-corrected chi connectivity index (χ0v) is 13.5. The van der Waals surface area contributed by atoms with E-state index >= 15 is 0 Å². The van der Waals surface area contributed by atoms with Crippen LogP contribution in [0.4, 0.5) is 0 Å². The zero-order chi connectivity index (χ0) is 16.0. The molecule has 1 aromatic carbocycles. The molecule has 0 radical (unpaired) electrons. The molecule has 4 aromatic rings. The highest BCUT2D eigenvalue weighted by Gasteiger charge is 2.19. The van der Waals surface area contributed by atoms with Crippen molar-refractivity contribution in [3.05, 3.63) is 54.9 Å². The summed E-state index contributed by atoms with van der Waals surface area (Å²) in [6, 6.07) is 14.6. The van der Waals surface area contributed by atoms with E-state index in [1.165, 1.54) is 5.39 Å². The van der Waals surface area contributed by atoms with Crippen LogP contribution in [0.25, 0.3) is 33.2 Å². The number of pyridine rings is 1. The van der Waals surface area contributed by atoms with E-state index in [1.807, 2.05) is 49.9 Å². The highest BCUT2D eigenvalue weighted by atomic mass is 16.7. The standard InChI is InChI=1S/C19H19N3O/c1-19(2,3)23-22-17(11-14-8-9-20-12-18(14)22)16-10-13-6-4-5-7-15(13)21-16/h4-12,21H,1-3H3. The van der Waals surface area contributed by atoms with Crippen molar-refractivity contribution in [2.75, 3.05) is 0 Å². The van der Waals surface area contributed by atoms with Crippen LogP contribution in [0.5, 0.6) is 0 Å². The number of fused-ring (bicyclic) bond motifs is 2. The van der Waals surface area contributed by atoms with E-state index in [-0.39, 0.29) is 5.60 Å². The van der Waals surface area contributed by atoms with E-state index in [1.54, 1.807) is 6.20 Å². The molecule has 0 saturated carbocycles. The van der Waals surface area contributed by atoms with Gasteiger partial charge in [0.05, 0.1) is 11.9 Å². The molecule has 116 valence electrons. The van der Waals surface area contributed by atoms with Crippen LogP contribution in [0.3, 0.4) is 0 Å². The van der Waals surface area contributed by atoms with Gasteiger partial charge in [0.25, 0.3) is 0 Å². The lowest BCUT2D eigenvalue weighted by Crippen LogP contribution is -2.31. The molecule has 1 N–H and O–H groups in total. The lowest BCUT2D eigenvalue weighted by Gasteiger charge is -2.23. The number of hydrogen-bond donors (Lipinski definition) is 1. The largest absolute Gasteiger partial charge is 0.408 e. The summed E-state index contributed by atoms with van der Waals surface area (Å²) in [7, 11) is 0. The van der Waals surface area contributed by atoms with E-state index in [0.717, 1.165) is 27.8 Å². The summed E-state index contributed by atoms with van der Waals surface area (Å²) < 4.78 is 1.88. The van der Waals surface area contributed by atoms with Gasteiger partial charge in [-0.25, -0.2) is 0 Å². The van der Waals surface area contributed by atoms with Crippen molar-refractivity contribution in [2.24, 2.45) is 0 Å². The van der Waals surface area contributed by atoms with Gasteiger partial charge >= 0.3 is 0 Å².